The van der Waals surface area contributed by atoms with Crippen LogP contribution in [0.2, 0.25) is 0 Å². The number of nitrogens with zero attached hydrogens (tertiary/aromatic N) is 1. The van der Waals surface area contributed by atoms with E-state index in [1.165, 1.54) is 5.56 Å². The van der Waals surface area contributed by atoms with Crippen LogP contribution in [0.15, 0.2) is 12.3 Å². The summed E-state index contributed by atoms with van der Waals surface area (Å²) in [6.45, 7) is 8.39. The molecule has 0 fully saturated rings. The second-order valence-electron chi connectivity index (χ2n) is 4.76. The van der Waals surface area contributed by atoms with Gasteiger partial charge in [-0.3, -0.25) is 0 Å². The Kier molecular flexibility index (Phi) is 3.61. The summed E-state index contributed by atoms with van der Waals surface area (Å²) in [6, 6.07) is 1.99. The van der Waals surface area contributed by atoms with Crippen LogP contribution in [0, 0.1) is 6.92 Å². The number of rotatable bonds is 3. The van der Waals surface area contributed by atoms with E-state index in [1.54, 1.807) is 6.20 Å². The minimum Gasteiger partial charge on any atom is -0.383 e. The number of hydrogen-bond donors (Lipinski definition) is 1. The highest BCUT2D eigenvalue weighted by molar-refractivity contribution is 6.20. The summed E-state index contributed by atoms with van der Waals surface area (Å²) in [6.07, 6.45) is 2.64. The Morgan fingerprint density at radius 3 is 2.60 bits per heavy atom. The van der Waals surface area contributed by atoms with E-state index in [0.717, 1.165) is 12.0 Å². The highest BCUT2D eigenvalue weighted by Crippen LogP contribution is 2.34. The highest BCUT2D eigenvalue weighted by atomic mass is 35.5. The quantitative estimate of drug-likeness (QED) is 0.804. The molecule has 1 unspecified atom stereocenters. The Morgan fingerprint density at radius 1 is 1.53 bits per heavy atom. The van der Waals surface area contributed by atoms with E-state index in [9.17, 15) is 0 Å². The third-order valence-corrected chi connectivity index (χ3v) is 2.81. The van der Waals surface area contributed by atoms with Gasteiger partial charge in [0.25, 0.3) is 0 Å². The van der Waals surface area contributed by atoms with Gasteiger partial charge in [0.15, 0.2) is 0 Å². The molecule has 0 aliphatic carbocycles. The number of aromatic nitrogens is 1. The van der Waals surface area contributed by atoms with Crippen molar-refractivity contribution in [1.82, 2.24) is 4.98 Å². The predicted octanol–water partition coefficient (Wildman–Crippen LogP) is 3.27. The smallest absolute Gasteiger partial charge is 0.127 e. The zero-order chi connectivity index (χ0) is 11.6. The van der Waals surface area contributed by atoms with Gasteiger partial charge < -0.3 is 5.73 Å². The van der Waals surface area contributed by atoms with Crippen molar-refractivity contribution in [2.24, 2.45) is 0 Å². The molecule has 1 heterocycles. The Bertz CT molecular complexity index is 325. The fourth-order valence-corrected chi connectivity index (χ4v) is 2.65. The van der Waals surface area contributed by atoms with Gasteiger partial charge in [0.2, 0.25) is 0 Å². The molecule has 2 nitrogen and oxygen atoms in total. The van der Waals surface area contributed by atoms with Gasteiger partial charge in [-0.1, -0.05) is 13.8 Å². The molecule has 0 spiro atoms. The molecule has 0 radical (unpaired) electrons. The Hall–Kier alpha value is -0.760. The van der Waals surface area contributed by atoms with Crippen molar-refractivity contribution in [2.45, 2.75) is 44.9 Å². The average Bonchev–Trinajstić information content (AvgIpc) is 1.99. The monoisotopic (exact) mass is 226 g/mol. The highest BCUT2D eigenvalue weighted by Gasteiger charge is 2.26. The van der Waals surface area contributed by atoms with Crippen molar-refractivity contribution in [2.75, 3.05) is 5.73 Å². The average molecular weight is 227 g/mol. The Balaban J connectivity index is 3.14. The van der Waals surface area contributed by atoms with Crippen LogP contribution in [-0.2, 0) is 5.41 Å². The zero-order valence-electron chi connectivity index (χ0n) is 9.84. The summed E-state index contributed by atoms with van der Waals surface area (Å²) >= 11 is 6.06. The number of halogens is 1. The van der Waals surface area contributed by atoms with Crippen molar-refractivity contribution in [3.8, 4) is 0 Å². The molecule has 0 saturated heterocycles. The molecule has 1 atom stereocenters. The lowest BCUT2D eigenvalue weighted by atomic mass is 9.79. The van der Waals surface area contributed by atoms with Crippen LogP contribution >= 0.6 is 11.6 Å². The molecular weight excluding hydrogens is 208 g/mol. The van der Waals surface area contributed by atoms with Gasteiger partial charge in [0, 0.05) is 17.1 Å². The number of nitrogens with two attached hydrogens (primary N) is 1. The first kappa shape index (κ1) is 12.3. The van der Waals surface area contributed by atoms with Gasteiger partial charge in [0.05, 0.1) is 0 Å². The summed E-state index contributed by atoms with van der Waals surface area (Å²) in [5, 5.41) is 0.138. The maximum absolute atomic E-state index is 6.06. The zero-order valence-corrected chi connectivity index (χ0v) is 10.6. The first-order valence-corrected chi connectivity index (χ1v) is 5.64. The van der Waals surface area contributed by atoms with Crippen LogP contribution < -0.4 is 5.73 Å². The third-order valence-electron chi connectivity index (χ3n) is 2.66. The predicted molar refractivity (Wildman–Crippen MR) is 66.3 cm³/mol. The SMILES string of the molecule is Cc1ccnc(N)c1C(C)(C)CC(C)Cl. The van der Waals surface area contributed by atoms with Crippen LogP contribution in [-0.4, -0.2) is 10.4 Å². The number of hydrogen-bond acceptors (Lipinski definition) is 2. The maximum Gasteiger partial charge on any atom is 0.127 e. The minimum atomic E-state index is -0.0242. The molecule has 0 bridgehead atoms. The molecule has 0 aromatic carbocycles. The first-order valence-electron chi connectivity index (χ1n) is 5.20. The number of aryl methyl sites for hydroxylation is 1. The molecule has 1 rings (SSSR count). The van der Waals surface area contributed by atoms with E-state index in [4.69, 9.17) is 17.3 Å². The lowest BCUT2D eigenvalue weighted by Crippen LogP contribution is -2.24. The summed E-state index contributed by atoms with van der Waals surface area (Å²) in [5.41, 5.74) is 8.21. The Labute approximate surface area is 96.8 Å². The summed E-state index contributed by atoms with van der Waals surface area (Å²) in [7, 11) is 0. The molecule has 0 amide bonds. The van der Waals surface area contributed by atoms with E-state index in [1.807, 2.05) is 13.0 Å². The largest absolute Gasteiger partial charge is 0.383 e. The van der Waals surface area contributed by atoms with Gasteiger partial charge in [-0.25, -0.2) is 4.98 Å². The number of pyridine rings is 1. The number of nitrogen functional groups attached to an aromatic ring is 1. The van der Waals surface area contributed by atoms with Crippen LogP contribution in [0.4, 0.5) is 5.82 Å². The van der Waals surface area contributed by atoms with E-state index in [0.29, 0.717) is 5.82 Å². The topological polar surface area (TPSA) is 38.9 Å². The minimum absolute atomic E-state index is 0.0242. The van der Waals surface area contributed by atoms with E-state index < -0.39 is 0 Å². The second kappa shape index (κ2) is 4.40. The summed E-state index contributed by atoms with van der Waals surface area (Å²) < 4.78 is 0. The molecule has 3 heteroatoms. The van der Waals surface area contributed by atoms with E-state index >= 15 is 0 Å². The van der Waals surface area contributed by atoms with E-state index in [2.05, 4.69) is 25.8 Å². The van der Waals surface area contributed by atoms with Crippen molar-refractivity contribution in [3.05, 3.63) is 23.4 Å². The van der Waals surface area contributed by atoms with Gasteiger partial charge in [0.1, 0.15) is 5.82 Å². The summed E-state index contributed by atoms with van der Waals surface area (Å²) in [4.78, 5) is 4.15. The molecular formula is C12H19ClN2. The number of anilines is 1. The second-order valence-corrected chi connectivity index (χ2v) is 5.50. The van der Waals surface area contributed by atoms with E-state index in [-0.39, 0.29) is 10.8 Å². The van der Waals surface area contributed by atoms with Crippen LogP contribution in [0.3, 0.4) is 0 Å². The first-order chi connectivity index (χ1) is 6.84. The van der Waals surface area contributed by atoms with Crippen molar-refractivity contribution in [3.63, 3.8) is 0 Å². The van der Waals surface area contributed by atoms with Gasteiger partial charge >= 0.3 is 0 Å². The molecule has 2 N–H and O–H groups in total. The molecule has 84 valence electrons. The molecule has 15 heavy (non-hydrogen) atoms. The Morgan fingerprint density at radius 2 is 2.13 bits per heavy atom. The summed E-state index contributed by atoms with van der Waals surface area (Å²) in [5.74, 6) is 0.623. The van der Waals surface area contributed by atoms with Crippen molar-refractivity contribution < 1.29 is 0 Å². The van der Waals surface area contributed by atoms with Gasteiger partial charge in [-0.05, 0) is 37.3 Å². The van der Waals surface area contributed by atoms with Crippen LogP contribution in [0.5, 0.6) is 0 Å². The fourth-order valence-electron chi connectivity index (χ4n) is 2.26. The van der Waals surface area contributed by atoms with Crippen LogP contribution in [0.1, 0.15) is 38.3 Å². The molecule has 0 saturated carbocycles. The lowest BCUT2D eigenvalue weighted by Gasteiger charge is -2.29. The number of alkyl halides is 1. The van der Waals surface area contributed by atoms with Gasteiger partial charge in [-0.2, -0.15) is 0 Å². The fraction of sp³-hybridized carbons (Fsp3) is 0.583. The standard InChI is InChI=1S/C12H19ClN2/c1-8-5-6-15-11(14)10(8)12(3,4)7-9(2)13/h5-6,9H,7H2,1-4H3,(H2,14,15). The molecule has 1 aromatic rings. The lowest BCUT2D eigenvalue weighted by molar-refractivity contribution is 0.475. The van der Waals surface area contributed by atoms with Crippen molar-refractivity contribution in [1.29, 1.82) is 0 Å². The normalized spacial score (nSPS) is 13.9. The van der Waals surface area contributed by atoms with Crippen LogP contribution in [0.25, 0.3) is 0 Å². The maximum atomic E-state index is 6.06. The molecule has 1 aromatic heterocycles. The van der Waals surface area contributed by atoms with Crippen molar-refractivity contribution >= 4 is 17.4 Å². The van der Waals surface area contributed by atoms with Gasteiger partial charge in [-0.15, -0.1) is 11.6 Å². The molecule has 0 aliphatic rings. The molecule has 0 aliphatic heterocycles. The third kappa shape index (κ3) is 2.85.